The first-order chi connectivity index (χ1) is 9.92. The molecule has 1 aromatic heterocycles. The zero-order valence-electron chi connectivity index (χ0n) is 10.9. The van der Waals surface area contributed by atoms with Gasteiger partial charge in [-0.1, -0.05) is 0 Å². The molecule has 1 aromatic carbocycles. The lowest BCUT2D eigenvalue weighted by Crippen LogP contribution is -2.13. The molecular formula is C13H11FN2O4S. The fourth-order valence-electron chi connectivity index (χ4n) is 1.54. The summed E-state index contributed by atoms with van der Waals surface area (Å²) in [6.45, 7) is 0. The highest BCUT2D eigenvalue weighted by molar-refractivity contribution is 7.92. The van der Waals surface area contributed by atoms with Crippen molar-refractivity contribution < 1.29 is 22.3 Å². The number of ether oxygens (including phenoxy) is 1. The van der Waals surface area contributed by atoms with E-state index in [0.717, 1.165) is 12.3 Å². The third-order valence-corrected chi connectivity index (χ3v) is 3.96. The van der Waals surface area contributed by atoms with Gasteiger partial charge in [-0.15, -0.1) is 0 Å². The van der Waals surface area contributed by atoms with Crippen molar-refractivity contribution in [3.8, 4) is 0 Å². The van der Waals surface area contributed by atoms with Crippen LogP contribution in [0.4, 0.5) is 10.1 Å². The number of aromatic nitrogens is 1. The molecule has 2 rings (SSSR count). The largest absolute Gasteiger partial charge is 0.465 e. The Morgan fingerprint density at radius 2 is 1.86 bits per heavy atom. The van der Waals surface area contributed by atoms with Crippen molar-refractivity contribution in [1.29, 1.82) is 0 Å². The number of anilines is 1. The molecule has 0 saturated carbocycles. The van der Waals surface area contributed by atoms with Crippen molar-refractivity contribution in [3.63, 3.8) is 0 Å². The Labute approximate surface area is 120 Å². The lowest BCUT2D eigenvalue weighted by molar-refractivity contribution is 0.0600. The summed E-state index contributed by atoms with van der Waals surface area (Å²) in [5.74, 6) is -1.27. The van der Waals surface area contributed by atoms with Crippen molar-refractivity contribution in [2.45, 2.75) is 4.90 Å². The highest BCUT2D eigenvalue weighted by Gasteiger charge is 2.15. The average Bonchev–Trinajstić information content (AvgIpc) is 2.49. The van der Waals surface area contributed by atoms with Gasteiger partial charge in [0.25, 0.3) is 10.0 Å². The zero-order chi connectivity index (χ0) is 15.5. The number of carbonyl (C=O) groups is 1. The molecule has 6 nitrogen and oxygen atoms in total. The molecule has 110 valence electrons. The van der Waals surface area contributed by atoms with Gasteiger partial charge in [-0.05, 0) is 36.4 Å². The maximum Gasteiger partial charge on any atom is 0.337 e. The minimum absolute atomic E-state index is 0.0421. The highest BCUT2D eigenvalue weighted by Crippen LogP contribution is 2.16. The molecule has 0 bridgehead atoms. The van der Waals surface area contributed by atoms with Crippen molar-refractivity contribution >= 4 is 21.7 Å². The number of pyridine rings is 1. The Bertz CT molecular complexity index is 743. The Morgan fingerprint density at radius 1 is 1.19 bits per heavy atom. The van der Waals surface area contributed by atoms with Crippen molar-refractivity contribution in [2.24, 2.45) is 0 Å². The molecule has 0 fully saturated rings. The van der Waals surface area contributed by atoms with E-state index in [1.165, 1.54) is 37.4 Å². The van der Waals surface area contributed by atoms with Crippen LogP contribution in [0.3, 0.4) is 0 Å². The highest BCUT2D eigenvalue weighted by atomic mass is 32.2. The minimum atomic E-state index is -3.84. The van der Waals surface area contributed by atoms with Gasteiger partial charge >= 0.3 is 5.97 Å². The molecule has 0 aliphatic carbocycles. The van der Waals surface area contributed by atoms with Gasteiger partial charge in [0.15, 0.2) is 0 Å². The molecule has 0 spiro atoms. The summed E-state index contributed by atoms with van der Waals surface area (Å²) in [6, 6.07) is 7.50. The van der Waals surface area contributed by atoms with Gasteiger partial charge in [0, 0.05) is 0 Å². The Morgan fingerprint density at radius 3 is 2.38 bits per heavy atom. The van der Waals surface area contributed by atoms with Gasteiger partial charge in [-0.2, -0.15) is 4.39 Å². The van der Waals surface area contributed by atoms with E-state index in [2.05, 4.69) is 14.4 Å². The van der Waals surface area contributed by atoms with Crippen LogP contribution < -0.4 is 4.72 Å². The van der Waals surface area contributed by atoms with Crippen molar-refractivity contribution in [2.75, 3.05) is 11.8 Å². The predicted molar refractivity (Wildman–Crippen MR) is 72.8 cm³/mol. The summed E-state index contributed by atoms with van der Waals surface area (Å²) in [6.07, 6.45) is 1.07. The second kappa shape index (κ2) is 5.88. The smallest absolute Gasteiger partial charge is 0.337 e. The molecule has 2 aromatic rings. The molecule has 1 N–H and O–H groups in total. The number of sulfonamides is 1. The van der Waals surface area contributed by atoms with Crippen LogP contribution in [0.2, 0.25) is 0 Å². The number of esters is 1. The SMILES string of the molecule is COC(=O)c1ccc(S(=O)(=O)Nc2ccc(F)nc2)cc1. The van der Waals surface area contributed by atoms with E-state index >= 15 is 0 Å². The number of methoxy groups -OCH3 is 1. The molecule has 0 radical (unpaired) electrons. The van der Waals surface area contributed by atoms with E-state index in [0.29, 0.717) is 0 Å². The normalized spacial score (nSPS) is 11.0. The summed E-state index contributed by atoms with van der Waals surface area (Å²) in [5, 5.41) is 0. The molecule has 0 unspecified atom stereocenters. The first-order valence-electron chi connectivity index (χ1n) is 5.75. The maximum absolute atomic E-state index is 12.7. The molecule has 0 atom stereocenters. The van der Waals surface area contributed by atoms with Gasteiger partial charge in [0.05, 0.1) is 29.5 Å². The zero-order valence-corrected chi connectivity index (χ0v) is 11.7. The fraction of sp³-hybridized carbons (Fsp3) is 0.0769. The predicted octanol–water partition coefficient (Wildman–Crippen LogP) is 1.81. The van der Waals surface area contributed by atoms with E-state index in [9.17, 15) is 17.6 Å². The van der Waals surface area contributed by atoms with Crippen LogP contribution >= 0.6 is 0 Å². The number of nitrogens with one attached hydrogen (secondary N) is 1. The van der Waals surface area contributed by atoms with Crippen LogP contribution in [0.25, 0.3) is 0 Å². The first kappa shape index (κ1) is 14.9. The van der Waals surface area contributed by atoms with E-state index in [-0.39, 0.29) is 16.1 Å². The molecule has 0 amide bonds. The minimum Gasteiger partial charge on any atom is -0.465 e. The standard InChI is InChI=1S/C13H11FN2O4S/c1-20-13(17)9-2-5-11(6-3-9)21(18,19)16-10-4-7-12(14)15-8-10/h2-8,16H,1H3. The second-order valence-corrected chi connectivity index (χ2v) is 5.67. The topological polar surface area (TPSA) is 85.4 Å². The molecule has 0 aliphatic rings. The van der Waals surface area contributed by atoms with E-state index in [1.54, 1.807) is 0 Å². The molecule has 1 heterocycles. The van der Waals surface area contributed by atoms with Gasteiger partial charge in [0.2, 0.25) is 5.95 Å². The Hall–Kier alpha value is -2.48. The number of hydrogen-bond acceptors (Lipinski definition) is 5. The monoisotopic (exact) mass is 310 g/mol. The number of halogens is 1. The third-order valence-electron chi connectivity index (χ3n) is 2.57. The molecule has 8 heteroatoms. The summed E-state index contributed by atoms with van der Waals surface area (Å²) < 4.78 is 43.6. The first-order valence-corrected chi connectivity index (χ1v) is 7.23. The Kier molecular flexibility index (Phi) is 4.18. The number of rotatable bonds is 4. The number of nitrogens with zero attached hydrogens (tertiary/aromatic N) is 1. The summed E-state index contributed by atoms with van der Waals surface area (Å²) in [4.78, 5) is 14.6. The average molecular weight is 310 g/mol. The summed E-state index contributed by atoms with van der Waals surface area (Å²) >= 11 is 0. The van der Waals surface area contributed by atoms with Crippen LogP contribution in [0, 0.1) is 5.95 Å². The van der Waals surface area contributed by atoms with Gasteiger partial charge in [-0.25, -0.2) is 18.2 Å². The van der Waals surface area contributed by atoms with Crippen LogP contribution in [-0.2, 0) is 14.8 Å². The van der Waals surface area contributed by atoms with Crippen LogP contribution in [0.1, 0.15) is 10.4 Å². The number of benzene rings is 1. The van der Waals surface area contributed by atoms with Gasteiger partial charge < -0.3 is 4.74 Å². The lowest BCUT2D eigenvalue weighted by atomic mass is 10.2. The maximum atomic E-state index is 12.7. The molecular weight excluding hydrogens is 299 g/mol. The summed E-state index contributed by atoms with van der Waals surface area (Å²) in [7, 11) is -2.61. The van der Waals surface area contributed by atoms with Crippen LogP contribution in [0.15, 0.2) is 47.5 Å². The quantitative estimate of drug-likeness (QED) is 0.687. The second-order valence-electron chi connectivity index (χ2n) is 3.99. The number of hydrogen-bond donors (Lipinski definition) is 1. The van der Waals surface area contributed by atoms with Crippen LogP contribution in [-0.4, -0.2) is 26.5 Å². The lowest BCUT2D eigenvalue weighted by Gasteiger charge is -2.08. The van der Waals surface area contributed by atoms with E-state index < -0.39 is 21.9 Å². The van der Waals surface area contributed by atoms with E-state index in [4.69, 9.17) is 0 Å². The van der Waals surface area contributed by atoms with Gasteiger partial charge in [0.1, 0.15) is 0 Å². The third kappa shape index (κ3) is 3.54. The van der Waals surface area contributed by atoms with Crippen molar-refractivity contribution in [3.05, 3.63) is 54.1 Å². The fourth-order valence-corrected chi connectivity index (χ4v) is 2.58. The molecule has 0 saturated heterocycles. The summed E-state index contributed by atoms with van der Waals surface area (Å²) in [5.41, 5.74) is 0.369. The van der Waals surface area contributed by atoms with Crippen molar-refractivity contribution in [1.82, 2.24) is 4.98 Å². The van der Waals surface area contributed by atoms with E-state index in [1.807, 2.05) is 0 Å². The number of carbonyl (C=O) groups excluding carboxylic acids is 1. The Balaban J connectivity index is 2.23. The van der Waals surface area contributed by atoms with Crippen LogP contribution in [0.5, 0.6) is 0 Å². The molecule has 21 heavy (non-hydrogen) atoms. The molecule has 0 aliphatic heterocycles. The van der Waals surface area contributed by atoms with Gasteiger partial charge in [-0.3, -0.25) is 4.72 Å².